The first kappa shape index (κ1) is 14.6. The monoisotopic (exact) mass is 248 g/mol. The zero-order chi connectivity index (χ0) is 13.5. The fourth-order valence-electron chi connectivity index (χ4n) is 1.82. The van der Waals surface area contributed by atoms with Gasteiger partial charge in [0.2, 0.25) is 0 Å². The van der Waals surface area contributed by atoms with Gasteiger partial charge in [-0.05, 0) is 51.5 Å². The third kappa shape index (κ3) is 3.76. The second kappa shape index (κ2) is 7.04. The van der Waals surface area contributed by atoms with Crippen molar-refractivity contribution in [2.75, 3.05) is 18.0 Å². The van der Waals surface area contributed by atoms with E-state index in [1.165, 1.54) is 5.69 Å². The quantitative estimate of drug-likeness (QED) is 0.839. The maximum Gasteiger partial charge on any atom is 0.251 e. The molecule has 1 amide bonds. The molecule has 1 aromatic rings. The number of nitrogens with one attached hydrogen (secondary N) is 1. The predicted molar refractivity (Wildman–Crippen MR) is 77.2 cm³/mol. The average molecular weight is 248 g/mol. The molecule has 0 aliphatic heterocycles. The minimum atomic E-state index is 0.00967. The summed E-state index contributed by atoms with van der Waals surface area (Å²) in [6.45, 7) is 10.3. The number of hydrogen-bond acceptors (Lipinski definition) is 2. The van der Waals surface area contributed by atoms with Crippen LogP contribution in [0.5, 0.6) is 0 Å². The van der Waals surface area contributed by atoms with Crippen LogP contribution in [0, 0.1) is 0 Å². The maximum atomic E-state index is 11.9. The lowest BCUT2D eigenvalue weighted by molar-refractivity contribution is 0.0939. The predicted octanol–water partition coefficient (Wildman–Crippen LogP) is 3.06. The van der Waals surface area contributed by atoms with Crippen LogP contribution in [-0.2, 0) is 0 Å². The van der Waals surface area contributed by atoms with Crippen LogP contribution in [0.15, 0.2) is 24.3 Å². The molecule has 0 unspecified atom stereocenters. The zero-order valence-electron chi connectivity index (χ0n) is 11.9. The topological polar surface area (TPSA) is 32.3 Å². The van der Waals surface area contributed by atoms with Gasteiger partial charge in [-0.2, -0.15) is 0 Å². The smallest absolute Gasteiger partial charge is 0.251 e. The molecule has 0 heterocycles. The first-order chi connectivity index (χ1) is 8.62. The van der Waals surface area contributed by atoms with Gasteiger partial charge in [0.25, 0.3) is 5.91 Å². The summed E-state index contributed by atoms with van der Waals surface area (Å²) >= 11 is 0. The lowest BCUT2D eigenvalue weighted by atomic mass is 10.1. The normalized spacial score (nSPS) is 12.0. The average Bonchev–Trinajstić information content (AvgIpc) is 2.40. The highest BCUT2D eigenvalue weighted by Gasteiger charge is 2.09. The molecule has 0 bridgehead atoms. The number of nitrogens with zero attached hydrogens (tertiary/aromatic N) is 1. The molecule has 0 saturated carbocycles. The molecule has 0 aromatic heterocycles. The Labute approximate surface area is 110 Å². The van der Waals surface area contributed by atoms with Gasteiger partial charge in [0.1, 0.15) is 0 Å². The van der Waals surface area contributed by atoms with Crippen molar-refractivity contribution in [2.24, 2.45) is 0 Å². The third-order valence-electron chi connectivity index (χ3n) is 3.25. The van der Waals surface area contributed by atoms with Crippen LogP contribution in [0.1, 0.15) is 44.5 Å². The largest absolute Gasteiger partial charge is 0.372 e. The molecule has 0 fully saturated rings. The molecule has 0 radical (unpaired) electrons. The molecule has 1 rings (SSSR count). The molecule has 0 saturated heterocycles. The fourth-order valence-corrected chi connectivity index (χ4v) is 1.82. The van der Waals surface area contributed by atoms with Crippen LogP contribution >= 0.6 is 0 Å². The van der Waals surface area contributed by atoms with Crippen molar-refractivity contribution < 1.29 is 4.79 Å². The van der Waals surface area contributed by atoms with Crippen molar-refractivity contribution in [3.05, 3.63) is 29.8 Å². The van der Waals surface area contributed by atoms with Crippen molar-refractivity contribution in [1.29, 1.82) is 0 Å². The van der Waals surface area contributed by atoms with E-state index in [0.717, 1.165) is 25.1 Å². The van der Waals surface area contributed by atoms with Gasteiger partial charge < -0.3 is 10.2 Å². The van der Waals surface area contributed by atoms with Crippen molar-refractivity contribution in [3.8, 4) is 0 Å². The molecule has 100 valence electrons. The summed E-state index contributed by atoms with van der Waals surface area (Å²) in [5, 5.41) is 2.97. The van der Waals surface area contributed by atoms with Crippen LogP contribution in [0.2, 0.25) is 0 Å². The van der Waals surface area contributed by atoms with Crippen molar-refractivity contribution >= 4 is 11.6 Å². The van der Waals surface area contributed by atoms with E-state index in [-0.39, 0.29) is 11.9 Å². The Balaban J connectivity index is 2.73. The van der Waals surface area contributed by atoms with Gasteiger partial charge in [-0.15, -0.1) is 0 Å². The maximum absolute atomic E-state index is 11.9. The standard InChI is InChI=1S/C15H24N2O/c1-5-12(4)16-15(18)13-8-10-14(11-9-13)17(6-2)7-3/h8-12H,5-7H2,1-4H3,(H,16,18)/t12-/m0/s1. The lowest BCUT2D eigenvalue weighted by Gasteiger charge is -2.21. The third-order valence-corrected chi connectivity index (χ3v) is 3.25. The van der Waals surface area contributed by atoms with E-state index >= 15 is 0 Å². The van der Waals surface area contributed by atoms with E-state index in [1.807, 2.05) is 31.2 Å². The molecule has 3 nitrogen and oxygen atoms in total. The fraction of sp³-hybridized carbons (Fsp3) is 0.533. The van der Waals surface area contributed by atoms with Crippen LogP contribution in [0.25, 0.3) is 0 Å². The number of rotatable bonds is 6. The molecule has 18 heavy (non-hydrogen) atoms. The number of hydrogen-bond donors (Lipinski definition) is 1. The van der Waals surface area contributed by atoms with Crippen LogP contribution in [0.3, 0.4) is 0 Å². The number of carbonyl (C=O) groups excluding carboxylic acids is 1. The molecule has 1 aromatic carbocycles. The van der Waals surface area contributed by atoms with Gasteiger partial charge in [0, 0.05) is 30.4 Å². The van der Waals surface area contributed by atoms with Gasteiger partial charge in [0.05, 0.1) is 0 Å². The molecule has 0 aliphatic rings. The van der Waals surface area contributed by atoms with Gasteiger partial charge in [-0.3, -0.25) is 4.79 Å². The van der Waals surface area contributed by atoms with Crippen LogP contribution < -0.4 is 10.2 Å². The van der Waals surface area contributed by atoms with E-state index in [4.69, 9.17) is 0 Å². The van der Waals surface area contributed by atoms with Crippen LogP contribution in [0.4, 0.5) is 5.69 Å². The Bertz CT molecular complexity index is 369. The molecular formula is C15H24N2O. The molecule has 1 atom stereocenters. The number of carbonyl (C=O) groups is 1. The highest BCUT2D eigenvalue weighted by atomic mass is 16.1. The highest BCUT2D eigenvalue weighted by molar-refractivity contribution is 5.94. The summed E-state index contributed by atoms with van der Waals surface area (Å²) in [7, 11) is 0. The second-order valence-corrected chi connectivity index (χ2v) is 4.50. The molecule has 1 N–H and O–H groups in total. The van der Waals surface area contributed by atoms with E-state index in [0.29, 0.717) is 0 Å². The van der Waals surface area contributed by atoms with Crippen molar-refractivity contribution in [2.45, 2.75) is 40.2 Å². The molecular weight excluding hydrogens is 224 g/mol. The second-order valence-electron chi connectivity index (χ2n) is 4.50. The number of amides is 1. The Morgan fingerprint density at radius 3 is 2.17 bits per heavy atom. The van der Waals surface area contributed by atoms with Gasteiger partial charge in [0.15, 0.2) is 0 Å². The summed E-state index contributed by atoms with van der Waals surface area (Å²) in [6.07, 6.45) is 0.948. The number of benzene rings is 1. The summed E-state index contributed by atoms with van der Waals surface area (Å²) < 4.78 is 0. The Morgan fingerprint density at radius 1 is 1.17 bits per heavy atom. The lowest BCUT2D eigenvalue weighted by Crippen LogP contribution is -2.31. The van der Waals surface area contributed by atoms with E-state index in [9.17, 15) is 4.79 Å². The first-order valence-electron chi connectivity index (χ1n) is 6.78. The number of anilines is 1. The van der Waals surface area contributed by atoms with Crippen molar-refractivity contribution in [3.63, 3.8) is 0 Å². The summed E-state index contributed by atoms with van der Waals surface area (Å²) in [5.41, 5.74) is 1.89. The van der Waals surface area contributed by atoms with Gasteiger partial charge in [-0.1, -0.05) is 6.92 Å². The SMILES string of the molecule is CC[C@H](C)NC(=O)c1ccc(N(CC)CC)cc1. The minimum absolute atomic E-state index is 0.00967. The van der Waals surface area contributed by atoms with E-state index in [1.54, 1.807) is 0 Å². The minimum Gasteiger partial charge on any atom is -0.372 e. The molecule has 3 heteroatoms. The molecule has 0 spiro atoms. The van der Waals surface area contributed by atoms with E-state index in [2.05, 4.69) is 31.0 Å². The summed E-state index contributed by atoms with van der Waals surface area (Å²) in [4.78, 5) is 14.2. The van der Waals surface area contributed by atoms with Crippen molar-refractivity contribution in [1.82, 2.24) is 5.32 Å². The summed E-state index contributed by atoms with van der Waals surface area (Å²) in [6, 6.07) is 8.04. The first-order valence-corrected chi connectivity index (χ1v) is 6.78. The van der Waals surface area contributed by atoms with Crippen LogP contribution in [-0.4, -0.2) is 25.0 Å². The Morgan fingerprint density at radius 2 is 1.72 bits per heavy atom. The summed E-state index contributed by atoms with van der Waals surface area (Å²) in [5.74, 6) is 0.00967. The molecule has 0 aliphatic carbocycles. The highest BCUT2D eigenvalue weighted by Crippen LogP contribution is 2.14. The Hall–Kier alpha value is -1.51. The Kier molecular flexibility index (Phi) is 5.69. The van der Waals surface area contributed by atoms with E-state index < -0.39 is 0 Å². The van der Waals surface area contributed by atoms with Gasteiger partial charge in [-0.25, -0.2) is 0 Å². The van der Waals surface area contributed by atoms with Gasteiger partial charge >= 0.3 is 0 Å². The zero-order valence-corrected chi connectivity index (χ0v) is 11.9.